The fourth-order valence-corrected chi connectivity index (χ4v) is 3.37. The maximum Gasteiger partial charge on any atom is 0.343 e. The van der Waals surface area contributed by atoms with Crippen molar-refractivity contribution >= 4 is 51.1 Å². The zero-order valence-corrected chi connectivity index (χ0v) is 20.7. The van der Waals surface area contributed by atoms with E-state index < -0.39 is 5.97 Å². The fraction of sp³-hybridized carbons (Fsp3) is 0.160. The van der Waals surface area contributed by atoms with E-state index in [9.17, 15) is 4.79 Å². The van der Waals surface area contributed by atoms with Crippen molar-refractivity contribution in [1.29, 1.82) is 0 Å². The Morgan fingerprint density at radius 3 is 2.64 bits per heavy atom. The van der Waals surface area contributed by atoms with E-state index in [0.717, 1.165) is 22.1 Å². The molecule has 0 heterocycles. The number of hydrazone groups is 1. The highest BCUT2D eigenvalue weighted by Crippen LogP contribution is 2.23. The van der Waals surface area contributed by atoms with Crippen molar-refractivity contribution < 1.29 is 14.3 Å². The van der Waals surface area contributed by atoms with Gasteiger partial charge in [0.1, 0.15) is 11.5 Å². The highest BCUT2D eigenvalue weighted by molar-refractivity contribution is 9.10. The van der Waals surface area contributed by atoms with Crippen molar-refractivity contribution in [3.63, 3.8) is 0 Å². The van der Waals surface area contributed by atoms with Crippen LogP contribution in [-0.4, -0.2) is 23.9 Å². The predicted molar refractivity (Wildman–Crippen MR) is 139 cm³/mol. The van der Waals surface area contributed by atoms with Crippen LogP contribution in [0.1, 0.15) is 34.8 Å². The van der Waals surface area contributed by atoms with Crippen LogP contribution < -0.4 is 20.2 Å². The first-order valence-electron chi connectivity index (χ1n) is 10.4. The molecule has 0 saturated carbocycles. The van der Waals surface area contributed by atoms with E-state index in [0.29, 0.717) is 34.3 Å². The lowest BCUT2D eigenvalue weighted by Crippen LogP contribution is -2.23. The summed E-state index contributed by atoms with van der Waals surface area (Å²) in [7, 11) is 0. The van der Waals surface area contributed by atoms with Crippen LogP contribution in [0.15, 0.2) is 76.3 Å². The Balaban J connectivity index is 1.64. The number of thiocarbonyl (C=S) groups is 1. The van der Waals surface area contributed by atoms with Gasteiger partial charge in [0.05, 0.1) is 18.4 Å². The van der Waals surface area contributed by atoms with E-state index in [1.807, 2.05) is 38.1 Å². The topological polar surface area (TPSA) is 72.0 Å². The van der Waals surface area contributed by atoms with Gasteiger partial charge in [-0.05, 0) is 85.7 Å². The highest BCUT2D eigenvalue weighted by atomic mass is 79.9. The largest absolute Gasteiger partial charge is 0.494 e. The molecule has 170 valence electrons. The van der Waals surface area contributed by atoms with Gasteiger partial charge < -0.3 is 14.8 Å². The third-order valence-electron chi connectivity index (χ3n) is 4.38. The minimum atomic E-state index is -0.474. The number of aryl methyl sites for hydroxylation is 1. The standard InChI is InChI=1S/C25H24BrN3O3S/c1-3-13-31-22-10-7-18(8-11-22)24(30)32-23-12-9-20(26)15-19(23)16-27-29-25(33)28-21-6-4-5-17(2)14-21/h4-12,14-16H,3,13H2,1-2H3,(H2,28,29,33)/b27-16+. The van der Waals surface area contributed by atoms with Gasteiger partial charge in [-0.1, -0.05) is 35.0 Å². The number of anilines is 1. The first-order valence-corrected chi connectivity index (χ1v) is 11.6. The highest BCUT2D eigenvalue weighted by Gasteiger charge is 2.12. The van der Waals surface area contributed by atoms with Crippen LogP contribution in [0.2, 0.25) is 0 Å². The van der Waals surface area contributed by atoms with Crippen LogP contribution in [0.3, 0.4) is 0 Å². The van der Waals surface area contributed by atoms with Gasteiger partial charge in [0.2, 0.25) is 0 Å². The summed E-state index contributed by atoms with van der Waals surface area (Å²) in [5.41, 5.74) is 5.79. The number of benzene rings is 3. The first kappa shape index (κ1) is 24.4. The number of carbonyl (C=O) groups is 1. The molecule has 0 spiro atoms. The molecule has 0 aromatic heterocycles. The number of halogens is 1. The maximum absolute atomic E-state index is 12.6. The predicted octanol–water partition coefficient (Wildman–Crippen LogP) is 6.09. The van der Waals surface area contributed by atoms with E-state index in [-0.39, 0.29) is 0 Å². The van der Waals surface area contributed by atoms with Gasteiger partial charge in [0, 0.05) is 15.7 Å². The Hall–Kier alpha value is -3.23. The Kier molecular flexibility index (Phi) is 8.97. The summed E-state index contributed by atoms with van der Waals surface area (Å²) in [6.07, 6.45) is 2.46. The molecule has 0 radical (unpaired) electrons. The molecular formula is C25H24BrN3O3S. The van der Waals surface area contributed by atoms with E-state index in [2.05, 4.69) is 31.8 Å². The molecule has 33 heavy (non-hydrogen) atoms. The minimum absolute atomic E-state index is 0.343. The van der Waals surface area contributed by atoms with Gasteiger partial charge in [0.15, 0.2) is 5.11 Å². The molecule has 0 aliphatic heterocycles. The Bertz CT molecular complexity index is 1150. The number of esters is 1. The molecule has 6 nitrogen and oxygen atoms in total. The maximum atomic E-state index is 12.6. The average molecular weight is 526 g/mol. The van der Waals surface area contributed by atoms with Crippen LogP contribution in [0.4, 0.5) is 5.69 Å². The number of rotatable bonds is 8. The molecular weight excluding hydrogens is 502 g/mol. The number of ether oxygens (including phenoxy) is 2. The zero-order valence-electron chi connectivity index (χ0n) is 18.3. The fourth-order valence-electron chi connectivity index (χ4n) is 2.82. The number of nitrogens with zero attached hydrogens (tertiary/aromatic N) is 1. The van der Waals surface area contributed by atoms with Crippen LogP contribution in [0, 0.1) is 6.92 Å². The third-order valence-corrected chi connectivity index (χ3v) is 5.07. The van der Waals surface area contributed by atoms with Crippen LogP contribution in [-0.2, 0) is 0 Å². The van der Waals surface area contributed by atoms with Gasteiger partial charge in [0.25, 0.3) is 0 Å². The average Bonchev–Trinajstić information content (AvgIpc) is 2.79. The molecule has 3 aromatic carbocycles. The smallest absolute Gasteiger partial charge is 0.343 e. The molecule has 0 bridgehead atoms. The molecule has 0 fully saturated rings. The summed E-state index contributed by atoms with van der Waals surface area (Å²) in [6.45, 7) is 4.67. The van der Waals surface area contributed by atoms with Crippen molar-refractivity contribution in [2.24, 2.45) is 5.10 Å². The molecule has 0 amide bonds. The molecule has 0 unspecified atom stereocenters. The van der Waals surface area contributed by atoms with Gasteiger partial charge in [-0.3, -0.25) is 5.43 Å². The summed E-state index contributed by atoms with van der Waals surface area (Å²) in [4.78, 5) is 12.6. The van der Waals surface area contributed by atoms with E-state index in [1.54, 1.807) is 48.7 Å². The minimum Gasteiger partial charge on any atom is -0.494 e. The Labute approximate surface area is 207 Å². The van der Waals surface area contributed by atoms with Gasteiger partial charge in [-0.25, -0.2) is 4.79 Å². The molecule has 2 N–H and O–H groups in total. The van der Waals surface area contributed by atoms with Crippen molar-refractivity contribution in [3.05, 3.63) is 87.9 Å². The monoisotopic (exact) mass is 525 g/mol. The normalized spacial score (nSPS) is 10.6. The number of carbonyl (C=O) groups excluding carboxylic acids is 1. The lowest BCUT2D eigenvalue weighted by Gasteiger charge is -2.10. The first-order chi connectivity index (χ1) is 15.9. The molecule has 0 aliphatic rings. The lowest BCUT2D eigenvalue weighted by molar-refractivity contribution is 0.0734. The van der Waals surface area contributed by atoms with Crippen LogP contribution in [0.5, 0.6) is 11.5 Å². The Morgan fingerprint density at radius 2 is 1.91 bits per heavy atom. The quantitative estimate of drug-likeness (QED) is 0.122. The summed E-state index contributed by atoms with van der Waals surface area (Å²) in [6, 6.07) is 20.0. The second kappa shape index (κ2) is 12.1. The second-order valence-corrected chi connectivity index (χ2v) is 8.46. The number of hydrogen-bond donors (Lipinski definition) is 2. The van der Waals surface area contributed by atoms with Crippen molar-refractivity contribution in [1.82, 2.24) is 5.43 Å². The zero-order chi connectivity index (χ0) is 23.6. The SMILES string of the molecule is CCCOc1ccc(C(=O)Oc2ccc(Br)cc2/C=N/NC(=S)Nc2cccc(C)c2)cc1. The number of nitrogens with one attached hydrogen (secondary N) is 2. The van der Waals surface area contributed by atoms with Crippen molar-refractivity contribution in [2.75, 3.05) is 11.9 Å². The molecule has 3 aromatic rings. The second-order valence-electron chi connectivity index (χ2n) is 7.14. The summed E-state index contributed by atoms with van der Waals surface area (Å²) in [5, 5.41) is 7.59. The van der Waals surface area contributed by atoms with E-state index >= 15 is 0 Å². The molecule has 0 aliphatic carbocycles. The van der Waals surface area contributed by atoms with Crippen molar-refractivity contribution in [2.45, 2.75) is 20.3 Å². The lowest BCUT2D eigenvalue weighted by atomic mass is 10.2. The molecule has 3 rings (SSSR count). The summed E-state index contributed by atoms with van der Waals surface area (Å²) in [5.74, 6) is 0.613. The van der Waals surface area contributed by atoms with E-state index in [4.69, 9.17) is 21.7 Å². The van der Waals surface area contributed by atoms with Crippen molar-refractivity contribution in [3.8, 4) is 11.5 Å². The molecule has 8 heteroatoms. The van der Waals surface area contributed by atoms with Gasteiger partial charge in [-0.15, -0.1) is 0 Å². The third kappa shape index (κ3) is 7.69. The van der Waals surface area contributed by atoms with E-state index in [1.165, 1.54) is 0 Å². The number of hydrogen-bond acceptors (Lipinski definition) is 5. The van der Waals surface area contributed by atoms with Crippen LogP contribution >= 0.6 is 28.1 Å². The molecule has 0 atom stereocenters. The Morgan fingerprint density at radius 1 is 1.12 bits per heavy atom. The van der Waals surface area contributed by atoms with Crippen LogP contribution in [0.25, 0.3) is 0 Å². The van der Waals surface area contributed by atoms with Gasteiger partial charge in [-0.2, -0.15) is 5.10 Å². The van der Waals surface area contributed by atoms with Gasteiger partial charge >= 0.3 is 5.97 Å². The molecule has 0 saturated heterocycles. The summed E-state index contributed by atoms with van der Waals surface area (Å²) < 4.78 is 12.0. The summed E-state index contributed by atoms with van der Waals surface area (Å²) >= 11 is 8.72.